The molecule has 8 N–H and O–H groups in total. The minimum Gasteiger partial charge on any atom is -0.507 e. The number of hydrogen-bond acceptors (Lipinski definition) is 14. The van der Waals surface area contributed by atoms with E-state index < -0.39 is 143 Å². The second kappa shape index (κ2) is 15.3. The second-order valence-corrected chi connectivity index (χ2v) is 16.6. The SMILES string of the molecule is COc1cccc2c1C(=O)c1c(O)c3c(c(O)c1C2=O)C[C@@](O)(C(=O)CO)C[C@@H]3C1C2C(NC(=O)O[C@@H]3/C=C/CC[C@](C)(C(=O)N[C@@H](C)C(=O)O)CC3)[C@@H](O)C(C)O[C@H]21. The van der Waals surface area contributed by atoms with Crippen molar-refractivity contribution in [2.45, 2.75) is 107 Å². The lowest BCUT2D eigenvalue weighted by Gasteiger charge is -2.39. The molecule has 2 aromatic rings. The molecule has 4 aliphatic carbocycles. The van der Waals surface area contributed by atoms with Crippen LogP contribution in [-0.2, 0) is 30.3 Å². The first kappa shape index (κ1) is 41.8. The molecule has 17 nitrogen and oxygen atoms in total. The van der Waals surface area contributed by atoms with Gasteiger partial charge in [0.2, 0.25) is 11.7 Å². The Kier molecular flexibility index (Phi) is 10.9. The summed E-state index contributed by atoms with van der Waals surface area (Å²) >= 11 is 0. The Morgan fingerprint density at radius 3 is 2.42 bits per heavy atom. The topological polar surface area (TPSA) is 276 Å². The number of ketones is 3. The molecule has 0 bridgehead atoms. The third-order valence-corrected chi connectivity index (χ3v) is 13.0. The van der Waals surface area contributed by atoms with E-state index in [2.05, 4.69) is 10.6 Å². The van der Waals surface area contributed by atoms with Crippen LogP contribution in [0.3, 0.4) is 0 Å². The van der Waals surface area contributed by atoms with Gasteiger partial charge in [-0.2, -0.15) is 0 Å². The van der Waals surface area contributed by atoms with Crippen LogP contribution in [-0.4, -0.2) is 122 Å². The normalized spacial score (nSPS) is 33.0. The minimum absolute atomic E-state index is 0.0212. The first-order valence-electron chi connectivity index (χ1n) is 19.6. The molecule has 2 amide bonds. The first-order valence-corrected chi connectivity index (χ1v) is 19.6. The zero-order valence-electron chi connectivity index (χ0n) is 32.9. The maximum Gasteiger partial charge on any atom is 0.408 e. The average molecular weight is 821 g/mol. The van der Waals surface area contributed by atoms with Crippen LogP contribution in [0.5, 0.6) is 17.2 Å². The number of carbonyl (C=O) groups excluding carboxylic acids is 5. The molecule has 7 rings (SSSR count). The predicted octanol–water partition coefficient (Wildman–Crippen LogP) is 1.79. The lowest BCUT2D eigenvalue weighted by atomic mass is 9.67. The molecule has 2 fully saturated rings. The van der Waals surface area contributed by atoms with E-state index in [1.54, 1.807) is 26.0 Å². The van der Waals surface area contributed by atoms with Crippen LogP contribution in [0.2, 0.25) is 0 Å². The monoisotopic (exact) mass is 820 g/mol. The number of aromatic hydroxyl groups is 2. The van der Waals surface area contributed by atoms with Crippen LogP contribution in [0.4, 0.5) is 4.79 Å². The number of hydrogen-bond donors (Lipinski definition) is 8. The number of phenols is 2. The van der Waals surface area contributed by atoms with E-state index in [0.29, 0.717) is 12.8 Å². The van der Waals surface area contributed by atoms with Crippen LogP contribution < -0.4 is 15.4 Å². The highest BCUT2D eigenvalue weighted by Gasteiger charge is 2.67. The summed E-state index contributed by atoms with van der Waals surface area (Å²) in [4.78, 5) is 79.2. The lowest BCUT2D eigenvalue weighted by molar-refractivity contribution is -0.143. The highest BCUT2D eigenvalue weighted by atomic mass is 16.6. The minimum atomic E-state index is -2.30. The van der Waals surface area contributed by atoms with Gasteiger partial charge in [0.25, 0.3) is 0 Å². The van der Waals surface area contributed by atoms with E-state index in [4.69, 9.17) is 14.2 Å². The van der Waals surface area contributed by atoms with Crippen LogP contribution in [0, 0.1) is 17.3 Å². The molecule has 316 valence electrons. The van der Waals surface area contributed by atoms with Crippen molar-refractivity contribution in [2.75, 3.05) is 13.7 Å². The Balaban J connectivity index is 1.18. The van der Waals surface area contributed by atoms with Crippen molar-refractivity contribution in [3.8, 4) is 17.2 Å². The van der Waals surface area contributed by atoms with Crippen LogP contribution in [0.15, 0.2) is 30.4 Å². The maximum absolute atomic E-state index is 14.1. The summed E-state index contributed by atoms with van der Waals surface area (Å²) in [6.45, 7) is 3.60. The van der Waals surface area contributed by atoms with E-state index >= 15 is 0 Å². The molecular weight excluding hydrogens is 772 g/mol. The number of methoxy groups -OCH3 is 1. The Morgan fingerprint density at radius 2 is 1.75 bits per heavy atom. The van der Waals surface area contributed by atoms with Gasteiger partial charge in [0.15, 0.2) is 11.6 Å². The summed E-state index contributed by atoms with van der Waals surface area (Å²) in [5.41, 5.74) is -4.65. The van der Waals surface area contributed by atoms with E-state index in [0.717, 1.165) is 0 Å². The fourth-order valence-corrected chi connectivity index (χ4v) is 9.59. The number of amides is 2. The van der Waals surface area contributed by atoms with Crippen molar-refractivity contribution in [1.29, 1.82) is 0 Å². The van der Waals surface area contributed by atoms with Crippen molar-refractivity contribution in [2.24, 2.45) is 17.3 Å². The second-order valence-electron chi connectivity index (χ2n) is 16.6. The van der Waals surface area contributed by atoms with E-state index in [-0.39, 0.29) is 40.8 Å². The summed E-state index contributed by atoms with van der Waals surface area (Å²) in [5, 5.41) is 71.4. The summed E-state index contributed by atoms with van der Waals surface area (Å²) < 4.78 is 17.3. The van der Waals surface area contributed by atoms with E-state index in [9.17, 15) is 59.4 Å². The predicted molar refractivity (Wildman–Crippen MR) is 203 cm³/mol. The van der Waals surface area contributed by atoms with E-state index in [1.165, 1.54) is 32.2 Å². The van der Waals surface area contributed by atoms with Gasteiger partial charge in [-0.3, -0.25) is 24.0 Å². The zero-order valence-corrected chi connectivity index (χ0v) is 32.9. The number of aliphatic hydroxyl groups excluding tert-OH is 2. The lowest BCUT2D eigenvalue weighted by Crippen LogP contribution is -2.54. The number of nitrogens with one attached hydrogen (secondary N) is 2. The number of Topliss-reactive ketones (excluding diaryl/α,β-unsaturated/α-hetero) is 1. The van der Waals surface area contributed by atoms with Gasteiger partial charge in [-0.05, 0) is 69.9 Å². The number of carboxylic acids is 1. The van der Waals surface area contributed by atoms with Gasteiger partial charge < -0.3 is 55.5 Å². The number of aliphatic carboxylic acids is 1. The molecular formula is C42H48N2O15. The fraction of sp³-hybridized carbons (Fsp3) is 0.524. The Hall–Kier alpha value is -5.36. The summed E-state index contributed by atoms with van der Waals surface area (Å²) in [6.07, 6.45) is -0.783. The van der Waals surface area contributed by atoms with Gasteiger partial charge in [-0.15, -0.1) is 0 Å². The van der Waals surface area contributed by atoms with Gasteiger partial charge >= 0.3 is 12.1 Å². The van der Waals surface area contributed by atoms with Crippen molar-refractivity contribution in [1.82, 2.24) is 10.6 Å². The van der Waals surface area contributed by atoms with Gasteiger partial charge in [0.1, 0.15) is 47.7 Å². The quantitative estimate of drug-likeness (QED) is 0.113. The smallest absolute Gasteiger partial charge is 0.408 e. The number of benzene rings is 2. The van der Waals surface area contributed by atoms with Crippen molar-refractivity contribution >= 4 is 35.3 Å². The summed E-state index contributed by atoms with van der Waals surface area (Å²) in [5.74, 6) is -8.07. The van der Waals surface area contributed by atoms with Crippen molar-refractivity contribution in [3.05, 3.63) is 63.7 Å². The molecule has 11 atom stereocenters. The number of allylic oxidation sites excluding steroid dienone is 1. The van der Waals surface area contributed by atoms with Crippen LogP contribution in [0.1, 0.15) is 102 Å². The largest absolute Gasteiger partial charge is 0.507 e. The molecule has 1 aliphatic heterocycles. The average Bonchev–Trinajstić information content (AvgIpc) is 3.91. The molecule has 17 heteroatoms. The third kappa shape index (κ3) is 7.02. The molecule has 59 heavy (non-hydrogen) atoms. The molecule has 4 unspecified atom stereocenters. The zero-order chi connectivity index (χ0) is 42.9. The Labute approximate surface area is 338 Å². The molecule has 5 aliphatic rings. The highest BCUT2D eigenvalue weighted by molar-refractivity contribution is 6.31. The van der Waals surface area contributed by atoms with Crippen LogP contribution in [0.25, 0.3) is 0 Å². The maximum atomic E-state index is 14.1. The molecule has 1 saturated carbocycles. The summed E-state index contributed by atoms with van der Waals surface area (Å²) in [6, 6.07) is 2.20. The standard InChI is InChI=1S/C42H48N2O15/c1-17(38(52)53)43-39(54)41(3)12-6-5-8-19(11-13-41)59-40(55)44-31-28-27(37(28)58-18(2)32(31)47)21-14-42(56,24(46)16-45)15-22-25(21)35(50)30-29(34(22)49)33(48)20-9-7-10-23(57-4)26(20)36(30)51/h5,7-10,17-19,21,27-28,31-32,37,45,47,49-50,56H,6,11-16H2,1-4H3,(H,43,54)(H,44,55)(H,52,53)/b8-5+/t17-,18?,19+,21-,27?,28?,31?,32-,37-,41-,42+/m0/s1. The van der Waals surface area contributed by atoms with E-state index in [1.807, 2.05) is 0 Å². The molecule has 0 radical (unpaired) electrons. The molecule has 1 saturated heterocycles. The number of rotatable bonds is 9. The van der Waals surface area contributed by atoms with Crippen molar-refractivity contribution in [3.63, 3.8) is 0 Å². The number of ether oxygens (including phenoxy) is 3. The summed E-state index contributed by atoms with van der Waals surface area (Å²) in [7, 11) is 1.31. The molecule has 1 heterocycles. The number of carbonyl (C=O) groups is 6. The third-order valence-electron chi connectivity index (χ3n) is 13.0. The van der Waals surface area contributed by atoms with Gasteiger partial charge in [0, 0.05) is 34.4 Å². The number of fused-ring (bicyclic) bond motifs is 4. The van der Waals surface area contributed by atoms with Gasteiger partial charge in [0.05, 0.1) is 42.0 Å². The Morgan fingerprint density at radius 1 is 1.03 bits per heavy atom. The van der Waals surface area contributed by atoms with Crippen LogP contribution >= 0.6 is 0 Å². The molecule has 0 spiro atoms. The Bertz CT molecular complexity index is 2170. The number of alkyl carbamates (subject to hydrolysis) is 1. The number of aliphatic hydroxyl groups is 3. The van der Waals surface area contributed by atoms with Gasteiger partial charge in [-0.1, -0.05) is 25.1 Å². The van der Waals surface area contributed by atoms with Gasteiger partial charge in [-0.25, -0.2) is 4.79 Å². The molecule has 0 aromatic heterocycles. The van der Waals surface area contributed by atoms with Crippen molar-refractivity contribution < 1.29 is 73.6 Å². The molecule has 2 aromatic carbocycles. The first-order chi connectivity index (χ1) is 27.9. The fourth-order valence-electron chi connectivity index (χ4n) is 9.59. The highest BCUT2D eigenvalue weighted by Crippen LogP contribution is 2.63. The number of carboxylic acid groups (broad SMARTS) is 1. The number of phenolic OH excluding ortho intramolecular Hbond substituents is 2.